The maximum absolute atomic E-state index is 12.4. The van der Waals surface area contributed by atoms with Gasteiger partial charge >= 0.3 is 0 Å². The van der Waals surface area contributed by atoms with E-state index in [0.29, 0.717) is 22.2 Å². The number of ether oxygens (including phenoxy) is 1. The second-order valence-electron chi connectivity index (χ2n) is 5.33. The number of hydrogen-bond donors (Lipinski definition) is 1. The lowest BCUT2D eigenvalue weighted by Gasteiger charge is -2.19. The minimum absolute atomic E-state index is 0.216. The van der Waals surface area contributed by atoms with Gasteiger partial charge in [0.25, 0.3) is 5.91 Å². The van der Waals surface area contributed by atoms with Crippen molar-refractivity contribution in [3.05, 3.63) is 57.6 Å². The molecule has 0 radical (unpaired) electrons. The maximum Gasteiger partial charge on any atom is 0.265 e. The fourth-order valence-corrected chi connectivity index (χ4v) is 2.42. The molecule has 0 fully saturated rings. The van der Waals surface area contributed by atoms with E-state index in [1.165, 1.54) is 0 Å². The molecule has 1 atom stereocenters. The van der Waals surface area contributed by atoms with Crippen LogP contribution in [0.4, 0.5) is 5.69 Å². The number of halogens is 2. The Morgan fingerprint density at radius 1 is 1.17 bits per heavy atom. The van der Waals surface area contributed by atoms with E-state index in [4.69, 9.17) is 27.9 Å². The summed E-state index contributed by atoms with van der Waals surface area (Å²) in [5, 5.41) is 3.65. The molecule has 0 aliphatic rings. The lowest BCUT2D eigenvalue weighted by atomic mass is 10.1. The lowest BCUT2D eigenvalue weighted by Crippen LogP contribution is -2.32. The van der Waals surface area contributed by atoms with Crippen LogP contribution in [0.2, 0.25) is 10.0 Å². The Bertz CT molecular complexity index is 716. The number of anilines is 1. The van der Waals surface area contributed by atoms with Crippen molar-refractivity contribution in [2.24, 2.45) is 0 Å². The van der Waals surface area contributed by atoms with Crippen LogP contribution in [0.15, 0.2) is 36.4 Å². The number of carbonyl (C=O) groups excluding carboxylic acids is 1. The third kappa shape index (κ3) is 4.40. The maximum atomic E-state index is 12.4. The molecule has 122 valence electrons. The Hall–Kier alpha value is -1.71. The van der Waals surface area contributed by atoms with Gasteiger partial charge in [0.15, 0.2) is 6.10 Å². The first-order valence-corrected chi connectivity index (χ1v) is 8.16. The van der Waals surface area contributed by atoms with Crippen molar-refractivity contribution in [3.8, 4) is 5.75 Å². The van der Waals surface area contributed by atoms with Crippen molar-refractivity contribution < 1.29 is 9.53 Å². The Morgan fingerprint density at radius 2 is 1.91 bits per heavy atom. The summed E-state index contributed by atoms with van der Waals surface area (Å²) < 4.78 is 5.89. The van der Waals surface area contributed by atoms with Crippen molar-refractivity contribution in [2.45, 2.75) is 33.3 Å². The van der Waals surface area contributed by atoms with Crippen LogP contribution in [-0.2, 0) is 4.79 Å². The minimum Gasteiger partial charge on any atom is -0.480 e. The minimum atomic E-state index is -0.579. The van der Waals surface area contributed by atoms with Crippen LogP contribution in [0.25, 0.3) is 0 Å². The summed E-state index contributed by atoms with van der Waals surface area (Å²) in [4.78, 5) is 12.4. The van der Waals surface area contributed by atoms with Crippen molar-refractivity contribution >= 4 is 34.8 Å². The molecule has 2 aromatic rings. The van der Waals surface area contributed by atoms with Gasteiger partial charge in [-0.05, 0) is 55.7 Å². The summed E-state index contributed by atoms with van der Waals surface area (Å²) in [6.07, 6.45) is -0.0227. The molecule has 3 nitrogen and oxygen atoms in total. The molecule has 0 aliphatic carbocycles. The highest BCUT2D eigenvalue weighted by atomic mass is 35.5. The number of benzene rings is 2. The predicted molar refractivity (Wildman–Crippen MR) is 95.7 cm³/mol. The molecule has 0 saturated heterocycles. The fraction of sp³-hybridized carbons (Fsp3) is 0.278. The molecule has 5 heteroatoms. The highest BCUT2D eigenvalue weighted by Gasteiger charge is 2.20. The molecule has 1 amide bonds. The van der Waals surface area contributed by atoms with Crippen molar-refractivity contribution in [1.82, 2.24) is 0 Å². The normalized spacial score (nSPS) is 11.9. The Balaban J connectivity index is 2.12. The molecule has 2 aromatic carbocycles. The highest BCUT2D eigenvalue weighted by Crippen LogP contribution is 2.26. The average Bonchev–Trinajstić information content (AvgIpc) is 2.52. The molecule has 0 heterocycles. The van der Waals surface area contributed by atoms with Gasteiger partial charge in [0.05, 0.1) is 10.0 Å². The summed E-state index contributed by atoms with van der Waals surface area (Å²) in [7, 11) is 0. The van der Waals surface area contributed by atoms with Gasteiger partial charge in [-0.15, -0.1) is 0 Å². The van der Waals surface area contributed by atoms with Crippen LogP contribution in [0.3, 0.4) is 0 Å². The predicted octanol–water partition coefficient (Wildman–Crippen LogP) is 5.41. The van der Waals surface area contributed by atoms with E-state index in [2.05, 4.69) is 5.32 Å². The van der Waals surface area contributed by atoms with Crippen LogP contribution in [0.5, 0.6) is 5.75 Å². The first-order valence-electron chi connectivity index (χ1n) is 7.41. The average molecular weight is 352 g/mol. The largest absolute Gasteiger partial charge is 0.480 e. The van der Waals surface area contributed by atoms with Gasteiger partial charge in [0.2, 0.25) is 0 Å². The third-order valence-corrected chi connectivity index (χ3v) is 4.41. The molecule has 0 aliphatic heterocycles. The second kappa shape index (κ2) is 7.71. The Morgan fingerprint density at radius 3 is 2.57 bits per heavy atom. The molecule has 1 unspecified atom stereocenters. The SMILES string of the molecule is CCC(Oc1cccc(C)c1C)C(=O)Nc1ccc(Cl)c(Cl)c1. The van der Waals surface area contributed by atoms with E-state index in [1.807, 2.05) is 39.0 Å². The van der Waals surface area contributed by atoms with Crippen LogP contribution < -0.4 is 10.1 Å². The topological polar surface area (TPSA) is 38.3 Å². The van der Waals surface area contributed by atoms with E-state index in [9.17, 15) is 4.79 Å². The first-order chi connectivity index (χ1) is 10.9. The quantitative estimate of drug-likeness (QED) is 0.782. The van der Waals surface area contributed by atoms with E-state index < -0.39 is 6.10 Å². The molecule has 1 N–H and O–H groups in total. The number of hydrogen-bond acceptors (Lipinski definition) is 2. The standard InChI is InChI=1S/C18H19Cl2NO2/c1-4-16(23-17-7-5-6-11(2)12(17)3)18(22)21-13-8-9-14(19)15(20)10-13/h5-10,16H,4H2,1-3H3,(H,21,22). The van der Waals surface area contributed by atoms with Gasteiger partial charge in [-0.25, -0.2) is 0 Å². The number of rotatable bonds is 5. The van der Waals surface area contributed by atoms with E-state index >= 15 is 0 Å². The third-order valence-electron chi connectivity index (χ3n) is 3.67. The van der Waals surface area contributed by atoms with Crippen LogP contribution >= 0.6 is 23.2 Å². The molecule has 23 heavy (non-hydrogen) atoms. The van der Waals surface area contributed by atoms with Gasteiger partial charge < -0.3 is 10.1 Å². The zero-order valence-corrected chi connectivity index (χ0v) is 14.8. The first kappa shape index (κ1) is 17.6. The molecular formula is C18H19Cl2NO2. The van der Waals surface area contributed by atoms with Gasteiger partial charge in [0.1, 0.15) is 5.75 Å². The van der Waals surface area contributed by atoms with Crippen LogP contribution in [0.1, 0.15) is 24.5 Å². The molecule has 0 spiro atoms. The number of aryl methyl sites for hydroxylation is 1. The zero-order valence-electron chi connectivity index (χ0n) is 13.3. The zero-order chi connectivity index (χ0) is 17.0. The smallest absolute Gasteiger partial charge is 0.265 e. The van der Waals surface area contributed by atoms with Gasteiger partial charge in [-0.1, -0.05) is 42.3 Å². The molecule has 0 aromatic heterocycles. The highest BCUT2D eigenvalue weighted by molar-refractivity contribution is 6.42. The fourth-order valence-electron chi connectivity index (χ4n) is 2.12. The van der Waals surface area contributed by atoms with Crippen molar-refractivity contribution in [2.75, 3.05) is 5.32 Å². The van der Waals surface area contributed by atoms with E-state index in [1.54, 1.807) is 18.2 Å². The van der Waals surface area contributed by atoms with Crippen LogP contribution in [-0.4, -0.2) is 12.0 Å². The molecule has 2 rings (SSSR count). The summed E-state index contributed by atoms with van der Waals surface area (Å²) in [6.45, 7) is 5.90. The monoisotopic (exact) mass is 351 g/mol. The molecule has 0 bridgehead atoms. The molecule has 0 saturated carbocycles. The van der Waals surface area contributed by atoms with E-state index in [0.717, 1.165) is 16.9 Å². The van der Waals surface area contributed by atoms with Crippen molar-refractivity contribution in [3.63, 3.8) is 0 Å². The second-order valence-corrected chi connectivity index (χ2v) is 6.15. The lowest BCUT2D eigenvalue weighted by molar-refractivity contribution is -0.122. The molecular weight excluding hydrogens is 333 g/mol. The Labute approximate surface area is 146 Å². The number of nitrogens with one attached hydrogen (secondary N) is 1. The number of carbonyl (C=O) groups is 1. The summed E-state index contributed by atoms with van der Waals surface area (Å²) in [5.41, 5.74) is 2.75. The Kier molecular flexibility index (Phi) is 5.91. The number of amides is 1. The van der Waals surface area contributed by atoms with Gasteiger partial charge in [0, 0.05) is 5.69 Å². The van der Waals surface area contributed by atoms with Crippen LogP contribution in [0, 0.1) is 13.8 Å². The van der Waals surface area contributed by atoms with Gasteiger partial charge in [-0.2, -0.15) is 0 Å². The van der Waals surface area contributed by atoms with Crippen molar-refractivity contribution in [1.29, 1.82) is 0 Å². The summed E-state index contributed by atoms with van der Waals surface area (Å²) >= 11 is 11.8. The summed E-state index contributed by atoms with van der Waals surface area (Å²) in [6, 6.07) is 10.8. The van der Waals surface area contributed by atoms with Gasteiger partial charge in [-0.3, -0.25) is 4.79 Å². The van der Waals surface area contributed by atoms with E-state index in [-0.39, 0.29) is 5.91 Å². The summed E-state index contributed by atoms with van der Waals surface area (Å²) in [5.74, 6) is 0.507.